The molecule has 0 radical (unpaired) electrons. The largest absolute Gasteiger partial charge is 0.368 e. The number of nitrogen functional groups attached to an aromatic ring is 1. The number of anilines is 2. The lowest BCUT2D eigenvalue weighted by molar-refractivity contribution is 0.568. The number of rotatable bonds is 2. The molecule has 1 fully saturated rings. The number of nitrogens with zero attached hydrogens (tertiary/aromatic N) is 5. The molecule has 2 N–H and O–H groups in total. The summed E-state index contributed by atoms with van der Waals surface area (Å²) in [5.41, 5.74) is 7.38. The normalized spacial score (nSPS) is 15.1. The van der Waals surface area contributed by atoms with Crippen molar-refractivity contribution in [1.29, 1.82) is 5.26 Å². The van der Waals surface area contributed by atoms with Crippen molar-refractivity contribution >= 4 is 11.9 Å². The van der Waals surface area contributed by atoms with Gasteiger partial charge in [-0.25, -0.2) is 0 Å². The summed E-state index contributed by atoms with van der Waals surface area (Å²) < 4.78 is 1.62. The van der Waals surface area contributed by atoms with Gasteiger partial charge in [-0.3, -0.25) is 0 Å². The first-order valence-corrected chi connectivity index (χ1v) is 6.76. The minimum Gasteiger partial charge on any atom is -0.368 e. The van der Waals surface area contributed by atoms with Gasteiger partial charge < -0.3 is 10.6 Å². The lowest BCUT2D eigenvalue weighted by Gasteiger charge is -2.24. The van der Waals surface area contributed by atoms with Gasteiger partial charge in [0.05, 0.1) is 17.3 Å². The number of hydrogen-bond donors (Lipinski definition) is 1. The third kappa shape index (κ3) is 2.30. The van der Waals surface area contributed by atoms with Crippen LogP contribution >= 0.6 is 0 Å². The number of nitrogens with two attached hydrogens (primary N) is 1. The maximum Gasteiger partial charge on any atom is 0.246 e. The average Bonchev–Trinajstić information content (AvgIpc) is 2.90. The van der Waals surface area contributed by atoms with Crippen LogP contribution in [0.4, 0.5) is 11.9 Å². The molecule has 1 saturated heterocycles. The van der Waals surface area contributed by atoms with Gasteiger partial charge in [0, 0.05) is 13.1 Å². The first-order chi connectivity index (χ1) is 9.78. The van der Waals surface area contributed by atoms with Crippen LogP contribution in [0.1, 0.15) is 24.8 Å². The summed E-state index contributed by atoms with van der Waals surface area (Å²) in [6, 6.07) is 9.23. The lowest BCUT2D eigenvalue weighted by atomic mass is 10.1. The zero-order valence-corrected chi connectivity index (χ0v) is 11.2. The van der Waals surface area contributed by atoms with Crippen molar-refractivity contribution in [2.24, 2.45) is 0 Å². The Kier molecular flexibility index (Phi) is 3.25. The highest BCUT2D eigenvalue weighted by Gasteiger charge is 2.17. The third-order valence-corrected chi connectivity index (χ3v) is 3.50. The van der Waals surface area contributed by atoms with Crippen LogP contribution in [0.3, 0.4) is 0 Å². The van der Waals surface area contributed by atoms with E-state index in [2.05, 4.69) is 21.1 Å². The first kappa shape index (κ1) is 12.5. The van der Waals surface area contributed by atoms with Crippen LogP contribution in [-0.4, -0.2) is 27.9 Å². The van der Waals surface area contributed by atoms with Crippen molar-refractivity contribution in [2.45, 2.75) is 19.3 Å². The Bertz CT molecular complexity index is 631. The molecular weight excluding hydrogens is 252 g/mol. The fourth-order valence-electron chi connectivity index (χ4n) is 2.41. The van der Waals surface area contributed by atoms with Crippen molar-refractivity contribution in [3.05, 3.63) is 29.8 Å². The van der Waals surface area contributed by atoms with E-state index in [1.165, 1.54) is 19.3 Å². The number of benzene rings is 1. The van der Waals surface area contributed by atoms with Gasteiger partial charge in [-0.1, -0.05) is 0 Å². The molecule has 1 aliphatic rings. The van der Waals surface area contributed by atoms with E-state index in [4.69, 9.17) is 11.0 Å². The van der Waals surface area contributed by atoms with Gasteiger partial charge in [-0.15, -0.1) is 5.10 Å². The minimum absolute atomic E-state index is 0.371. The second-order valence-corrected chi connectivity index (χ2v) is 4.89. The van der Waals surface area contributed by atoms with Crippen molar-refractivity contribution in [1.82, 2.24) is 14.8 Å². The number of aromatic nitrogens is 3. The van der Waals surface area contributed by atoms with Crippen LogP contribution in [0.25, 0.3) is 5.69 Å². The molecule has 0 atom stereocenters. The molecule has 3 rings (SSSR count). The van der Waals surface area contributed by atoms with Crippen molar-refractivity contribution in [3.8, 4) is 11.8 Å². The van der Waals surface area contributed by atoms with E-state index in [1.807, 2.05) is 12.1 Å². The highest BCUT2D eigenvalue weighted by Crippen LogP contribution is 2.20. The smallest absolute Gasteiger partial charge is 0.246 e. The van der Waals surface area contributed by atoms with Crippen LogP contribution < -0.4 is 10.6 Å². The number of piperidine rings is 1. The molecule has 1 aliphatic heterocycles. The van der Waals surface area contributed by atoms with Gasteiger partial charge in [-0.05, 0) is 43.5 Å². The van der Waals surface area contributed by atoms with Crippen molar-refractivity contribution < 1.29 is 0 Å². The van der Waals surface area contributed by atoms with E-state index >= 15 is 0 Å². The molecule has 102 valence electrons. The highest BCUT2D eigenvalue weighted by atomic mass is 15.5. The summed E-state index contributed by atoms with van der Waals surface area (Å²) in [5, 5.41) is 13.3. The second kappa shape index (κ2) is 5.21. The van der Waals surface area contributed by atoms with Gasteiger partial charge in [0.15, 0.2) is 0 Å². The van der Waals surface area contributed by atoms with Crippen LogP contribution in [0.5, 0.6) is 0 Å². The molecule has 1 aromatic carbocycles. The van der Waals surface area contributed by atoms with E-state index < -0.39 is 0 Å². The Balaban J connectivity index is 1.89. The lowest BCUT2D eigenvalue weighted by Crippen LogP contribution is -2.30. The molecular formula is C14H16N6. The van der Waals surface area contributed by atoms with E-state index in [9.17, 15) is 0 Å². The minimum atomic E-state index is 0.371. The average molecular weight is 268 g/mol. The van der Waals surface area contributed by atoms with Gasteiger partial charge in [0.1, 0.15) is 0 Å². The van der Waals surface area contributed by atoms with Crippen LogP contribution in [0.2, 0.25) is 0 Å². The molecule has 0 bridgehead atoms. The van der Waals surface area contributed by atoms with Gasteiger partial charge >= 0.3 is 0 Å². The Morgan fingerprint density at radius 3 is 2.45 bits per heavy atom. The van der Waals surface area contributed by atoms with E-state index in [1.54, 1.807) is 16.8 Å². The molecule has 0 aliphatic carbocycles. The van der Waals surface area contributed by atoms with Crippen LogP contribution in [0.15, 0.2) is 24.3 Å². The Morgan fingerprint density at radius 2 is 1.80 bits per heavy atom. The summed E-state index contributed by atoms with van der Waals surface area (Å²) in [6.07, 6.45) is 3.61. The van der Waals surface area contributed by atoms with E-state index in [-0.39, 0.29) is 0 Å². The van der Waals surface area contributed by atoms with Crippen LogP contribution in [0, 0.1) is 11.3 Å². The fraction of sp³-hybridized carbons (Fsp3) is 0.357. The van der Waals surface area contributed by atoms with Gasteiger partial charge in [-0.2, -0.15) is 14.9 Å². The topological polar surface area (TPSA) is 83.8 Å². The molecule has 6 nitrogen and oxygen atoms in total. The number of hydrogen-bond acceptors (Lipinski definition) is 5. The first-order valence-electron chi connectivity index (χ1n) is 6.76. The van der Waals surface area contributed by atoms with Crippen molar-refractivity contribution in [3.63, 3.8) is 0 Å². The number of nitriles is 1. The Morgan fingerprint density at radius 1 is 1.10 bits per heavy atom. The van der Waals surface area contributed by atoms with Gasteiger partial charge in [0.2, 0.25) is 11.9 Å². The summed E-state index contributed by atoms with van der Waals surface area (Å²) in [7, 11) is 0. The zero-order valence-electron chi connectivity index (χ0n) is 11.2. The Labute approximate surface area is 117 Å². The quantitative estimate of drug-likeness (QED) is 0.896. The predicted octanol–water partition coefficient (Wildman–Crippen LogP) is 1.71. The molecule has 6 heteroatoms. The van der Waals surface area contributed by atoms with Crippen molar-refractivity contribution in [2.75, 3.05) is 23.7 Å². The maximum atomic E-state index is 8.81. The molecule has 0 spiro atoms. The molecule has 2 aromatic rings. The second-order valence-electron chi connectivity index (χ2n) is 4.89. The Hall–Kier alpha value is -2.55. The summed E-state index contributed by atoms with van der Waals surface area (Å²) in [5.74, 6) is 1.06. The zero-order chi connectivity index (χ0) is 13.9. The summed E-state index contributed by atoms with van der Waals surface area (Å²) >= 11 is 0. The molecule has 2 heterocycles. The molecule has 0 amide bonds. The maximum absolute atomic E-state index is 8.81. The standard InChI is InChI=1S/C14H16N6/c15-10-11-4-6-12(7-5-11)20-13(16)17-14(18-20)19-8-2-1-3-9-19/h4-7H,1-3,8-9H2,(H2,16,17,18). The SMILES string of the molecule is N#Cc1ccc(-n2nc(N3CCCCC3)nc2N)cc1. The van der Waals surface area contributed by atoms with Gasteiger partial charge in [0.25, 0.3) is 0 Å². The molecule has 0 unspecified atom stereocenters. The molecule has 0 saturated carbocycles. The van der Waals surface area contributed by atoms with Crippen LogP contribution in [-0.2, 0) is 0 Å². The van der Waals surface area contributed by atoms with E-state index in [0.717, 1.165) is 18.8 Å². The predicted molar refractivity (Wildman–Crippen MR) is 76.6 cm³/mol. The van der Waals surface area contributed by atoms with E-state index in [0.29, 0.717) is 17.5 Å². The third-order valence-electron chi connectivity index (χ3n) is 3.50. The summed E-state index contributed by atoms with van der Waals surface area (Å²) in [4.78, 5) is 6.51. The highest BCUT2D eigenvalue weighted by molar-refractivity contribution is 5.45. The molecule has 20 heavy (non-hydrogen) atoms. The fourth-order valence-corrected chi connectivity index (χ4v) is 2.41. The monoisotopic (exact) mass is 268 g/mol. The summed E-state index contributed by atoms with van der Waals surface area (Å²) in [6.45, 7) is 1.97. The molecule has 1 aromatic heterocycles.